The number of phenolic OH excluding ortho intramolecular Hbond substituents is 1. The third-order valence-electron chi connectivity index (χ3n) is 2.35. The van der Waals surface area contributed by atoms with Gasteiger partial charge < -0.3 is 20.3 Å². The molecule has 1 atom stereocenters. The van der Waals surface area contributed by atoms with Crippen molar-refractivity contribution in [3.8, 4) is 11.5 Å². The van der Waals surface area contributed by atoms with Gasteiger partial charge in [-0.15, -0.1) is 0 Å². The Morgan fingerprint density at radius 2 is 2.15 bits per heavy atom. The zero-order valence-electron chi connectivity index (χ0n) is 11.9. The maximum absolute atomic E-state index is 11.6. The van der Waals surface area contributed by atoms with Crippen molar-refractivity contribution >= 4 is 11.7 Å². The molecular weight excluding hydrogens is 260 g/mol. The molecule has 0 bridgehead atoms. The number of amidine groups is 1. The summed E-state index contributed by atoms with van der Waals surface area (Å²) in [6, 6.07) is 4.66. The average Bonchev–Trinajstić information content (AvgIpc) is 2.26. The summed E-state index contributed by atoms with van der Waals surface area (Å²) in [4.78, 5) is 15.2. The predicted molar refractivity (Wildman–Crippen MR) is 76.1 cm³/mol. The maximum Gasteiger partial charge on any atom is 0.251 e. The van der Waals surface area contributed by atoms with Crippen molar-refractivity contribution in [2.45, 2.75) is 26.4 Å². The Morgan fingerprint density at radius 1 is 1.45 bits per heavy atom. The van der Waals surface area contributed by atoms with Crippen LogP contribution in [0.25, 0.3) is 0 Å². The molecule has 1 aromatic rings. The van der Waals surface area contributed by atoms with Crippen LogP contribution in [0, 0.1) is 0 Å². The maximum atomic E-state index is 11.6. The van der Waals surface area contributed by atoms with Crippen LogP contribution in [-0.2, 0) is 16.0 Å². The van der Waals surface area contributed by atoms with Crippen LogP contribution in [0.1, 0.15) is 19.4 Å². The Kier molecular flexibility index (Phi) is 5.99. The molecule has 0 spiro atoms. The molecule has 0 saturated carbocycles. The summed E-state index contributed by atoms with van der Waals surface area (Å²) in [6.07, 6.45) is -0.104. The van der Waals surface area contributed by atoms with Crippen molar-refractivity contribution < 1.29 is 19.4 Å². The third-order valence-corrected chi connectivity index (χ3v) is 2.35. The standard InChI is InChI=1S/C14H20N2O4/c1-9(8-19-3)20-13-5-11(4-12(17)7-13)6-14(18)16-10(2)15/h4-5,7,9,17H,6,8H2,1-3H3,(H2,15,16,18). The second-order valence-electron chi connectivity index (χ2n) is 4.54. The van der Waals surface area contributed by atoms with Gasteiger partial charge in [-0.25, -0.2) is 4.99 Å². The van der Waals surface area contributed by atoms with Gasteiger partial charge in [0.05, 0.1) is 18.9 Å². The van der Waals surface area contributed by atoms with E-state index in [1.54, 1.807) is 20.1 Å². The summed E-state index contributed by atoms with van der Waals surface area (Å²) < 4.78 is 10.6. The lowest BCUT2D eigenvalue weighted by Gasteiger charge is -2.14. The third kappa shape index (κ3) is 5.71. The highest BCUT2D eigenvalue weighted by molar-refractivity contribution is 5.93. The lowest BCUT2D eigenvalue weighted by Crippen LogP contribution is -2.18. The number of hydrogen-bond donors (Lipinski definition) is 2. The summed E-state index contributed by atoms with van der Waals surface area (Å²) in [5, 5.41) is 9.65. The number of hydrogen-bond acceptors (Lipinski definition) is 4. The second-order valence-corrected chi connectivity index (χ2v) is 4.54. The molecule has 0 heterocycles. The van der Waals surface area contributed by atoms with E-state index in [0.29, 0.717) is 17.9 Å². The lowest BCUT2D eigenvalue weighted by atomic mass is 10.1. The zero-order chi connectivity index (χ0) is 15.1. The van der Waals surface area contributed by atoms with Crippen molar-refractivity contribution in [3.63, 3.8) is 0 Å². The molecule has 6 heteroatoms. The quantitative estimate of drug-likeness (QED) is 0.604. The Hall–Kier alpha value is -2.08. The van der Waals surface area contributed by atoms with Crippen LogP contribution in [-0.4, -0.2) is 36.7 Å². The molecule has 1 amide bonds. The van der Waals surface area contributed by atoms with E-state index in [1.807, 2.05) is 6.92 Å². The minimum absolute atomic E-state index is 0.0309. The van der Waals surface area contributed by atoms with Gasteiger partial charge in [0.1, 0.15) is 17.6 Å². The normalized spacial score (nSPS) is 13.1. The fourth-order valence-corrected chi connectivity index (χ4v) is 1.73. The fraction of sp³-hybridized carbons (Fsp3) is 0.429. The summed E-state index contributed by atoms with van der Waals surface area (Å²) in [6.45, 7) is 3.82. The summed E-state index contributed by atoms with van der Waals surface area (Å²) in [5.74, 6) is 0.348. The number of carbonyl (C=O) groups excluding carboxylic acids is 1. The van der Waals surface area contributed by atoms with Gasteiger partial charge >= 0.3 is 0 Å². The van der Waals surface area contributed by atoms with Gasteiger partial charge in [0.25, 0.3) is 5.91 Å². The van der Waals surface area contributed by atoms with Gasteiger partial charge in [-0.3, -0.25) is 4.79 Å². The largest absolute Gasteiger partial charge is 0.508 e. The zero-order valence-corrected chi connectivity index (χ0v) is 11.9. The summed E-state index contributed by atoms with van der Waals surface area (Å²) in [5.41, 5.74) is 5.96. The van der Waals surface area contributed by atoms with E-state index >= 15 is 0 Å². The minimum atomic E-state index is -0.369. The molecule has 0 saturated heterocycles. The highest BCUT2D eigenvalue weighted by Crippen LogP contribution is 2.23. The Balaban J connectivity index is 2.81. The number of amides is 1. The molecule has 6 nitrogen and oxygen atoms in total. The SMILES string of the molecule is COCC(C)Oc1cc(O)cc(CC(=O)N=C(C)N)c1. The molecule has 1 aromatic carbocycles. The van der Waals surface area contributed by atoms with Crippen LogP contribution in [0.3, 0.4) is 0 Å². The summed E-state index contributed by atoms with van der Waals surface area (Å²) in [7, 11) is 1.58. The van der Waals surface area contributed by atoms with Crippen LogP contribution >= 0.6 is 0 Å². The molecule has 3 N–H and O–H groups in total. The lowest BCUT2D eigenvalue weighted by molar-refractivity contribution is -0.117. The molecule has 110 valence electrons. The summed E-state index contributed by atoms with van der Waals surface area (Å²) >= 11 is 0. The Morgan fingerprint density at radius 3 is 2.75 bits per heavy atom. The Labute approximate surface area is 118 Å². The first-order valence-electron chi connectivity index (χ1n) is 6.23. The first-order valence-corrected chi connectivity index (χ1v) is 6.23. The monoisotopic (exact) mass is 280 g/mol. The number of nitrogens with two attached hydrogens (primary N) is 1. The van der Waals surface area contributed by atoms with E-state index in [4.69, 9.17) is 15.2 Å². The van der Waals surface area contributed by atoms with E-state index in [-0.39, 0.29) is 30.0 Å². The second kappa shape index (κ2) is 7.49. The smallest absolute Gasteiger partial charge is 0.251 e. The number of aliphatic imine (C=N–C) groups is 1. The van der Waals surface area contributed by atoms with Crippen LogP contribution in [0.4, 0.5) is 0 Å². The number of aromatic hydroxyl groups is 1. The molecule has 0 aromatic heterocycles. The highest BCUT2D eigenvalue weighted by atomic mass is 16.5. The number of rotatable bonds is 6. The van der Waals surface area contributed by atoms with Crippen LogP contribution in [0.5, 0.6) is 11.5 Å². The van der Waals surface area contributed by atoms with E-state index in [0.717, 1.165) is 0 Å². The number of ether oxygens (including phenoxy) is 2. The molecule has 0 aliphatic heterocycles. The number of benzene rings is 1. The topological polar surface area (TPSA) is 94.1 Å². The first kappa shape index (κ1) is 16.0. The number of methoxy groups -OCH3 is 1. The van der Waals surface area contributed by atoms with Gasteiger partial charge in [0, 0.05) is 13.2 Å². The molecule has 0 radical (unpaired) electrons. The van der Waals surface area contributed by atoms with Crippen molar-refractivity contribution in [3.05, 3.63) is 23.8 Å². The average molecular weight is 280 g/mol. The van der Waals surface area contributed by atoms with Crippen LogP contribution < -0.4 is 10.5 Å². The van der Waals surface area contributed by atoms with E-state index in [2.05, 4.69) is 4.99 Å². The van der Waals surface area contributed by atoms with Crippen molar-refractivity contribution in [2.24, 2.45) is 10.7 Å². The van der Waals surface area contributed by atoms with Gasteiger partial charge in [-0.05, 0) is 31.5 Å². The van der Waals surface area contributed by atoms with Crippen LogP contribution in [0.2, 0.25) is 0 Å². The van der Waals surface area contributed by atoms with E-state index in [9.17, 15) is 9.90 Å². The van der Waals surface area contributed by atoms with Gasteiger partial charge in [0.2, 0.25) is 0 Å². The number of phenols is 1. The molecule has 20 heavy (non-hydrogen) atoms. The van der Waals surface area contributed by atoms with Crippen molar-refractivity contribution in [1.82, 2.24) is 0 Å². The number of nitrogens with zero attached hydrogens (tertiary/aromatic N) is 1. The first-order chi connectivity index (χ1) is 9.40. The van der Waals surface area contributed by atoms with E-state index in [1.165, 1.54) is 12.1 Å². The Bertz CT molecular complexity index is 496. The van der Waals surface area contributed by atoms with Gasteiger partial charge in [0.15, 0.2) is 0 Å². The highest BCUT2D eigenvalue weighted by Gasteiger charge is 2.09. The fourth-order valence-electron chi connectivity index (χ4n) is 1.73. The molecule has 1 unspecified atom stereocenters. The minimum Gasteiger partial charge on any atom is -0.508 e. The van der Waals surface area contributed by atoms with Gasteiger partial charge in [-0.1, -0.05) is 0 Å². The van der Waals surface area contributed by atoms with Gasteiger partial charge in [-0.2, -0.15) is 0 Å². The van der Waals surface area contributed by atoms with Crippen LogP contribution in [0.15, 0.2) is 23.2 Å². The van der Waals surface area contributed by atoms with E-state index < -0.39 is 0 Å². The molecule has 0 aliphatic rings. The van der Waals surface area contributed by atoms with Crippen molar-refractivity contribution in [1.29, 1.82) is 0 Å². The van der Waals surface area contributed by atoms with Crippen molar-refractivity contribution in [2.75, 3.05) is 13.7 Å². The molecular formula is C14H20N2O4. The number of carbonyl (C=O) groups is 1. The molecule has 1 rings (SSSR count). The predicted octanol–water partition coefficient (Wildman–Crippen LogP) is 1.25. The molecule has 0 aliphatic carbocycles. The molecule has 0 fully saturated rings.